The van der Waals surface area contributed by atoms with E-state index in [4.69, 9.17) is 0 Å². The van der Waals surface area contributed by atoms with Gasteiger partial charge in [-0.3, -0.25) is 0 Å². The van der Waals surface area contributed by atoms with E-state index >= 15 is 0 Å². The monoisotopic (exact) mass is 300 g/mol. The third-order valence-electron chi connectivity index (χ3n) is 3.67. The zero-order valence-electron chi connectivity index (χ0n) is 13.2. The van der Waals surface area contributed by atoms with Gasteiger partial charge in [-0.25, -0.2) is 8.78 Å². The van der Waals surface area contributed by atoms with Gasteiger partial charge in [0.2, 0.25) is 0 Å². The van der Waals surface area contributed by atoms with Crippen molar-refractivity contribution in [2.24, 2.45) is 0 Å². The van der Waals surface area contributed by atoms with E-state index in [1.807, 2.05) is 0 Å². The first kappa shape index (κ1) is 16.4. The fourth-order valence-corrected chi connectivity index (χ4v) is 2.54. The van der Waals surface area contributed by atoms with E-state index in [1.54, 1.807) is 6.07 Å². The van der Waals surface area contributed by atoms with Crippen LogP contribution in [0.4, 0.5) is 8.78 Å². The SMILES string of the molecule is CCC/C(=C/c1ccc(CCC)cc1)c1ccc(F)c(F)c1. The zero-order chi connectivity index (χ0) is 15.9. The fourth-order valence-electron chi connectivity index (χ4n) is 2.54. The summed E-state index contributed by atoms with van der Waals surface area (Å²) in [5.74, 6) is -1.60. The van der Waals surface area contributed by atoms with Gasteiger partial charge in [0.25, 0.3) is 0 Å². The second-order valence-electron chi connectivity index (χ2n) is 5.54. The normalized spacial score (nSPS) is 11.7. The first-order valence-electron chi connectivity index (χ1n) is 7.89. The number of aryl methyl sites for hydroxylation is 1. The summed E-state index contributed by atoms with van der Waals surface area (Å²) in [6.45, 7) is 4.24. The summed E-state index contributed by atoms with van der Waals surface area (Å²) in [6, 6.07) is 12.5. The quantitative estimate of drug-likeness (QED) is 0.552. The van der Waals surface area contributed by atoms with E-state index < -0.39 is 11.6 Å². The number of benzene rings is 2. The zero-order valence-corrected chi connectivity index (χ0v) is 13.2. The lowest BCUT2D eigenvalue weighted by Gasteiger charge is -2.08. The van der Waals surface area contributed by atoms with Gasteiger partial charge in [-0.05, 0) is 47.2 Å². The van der Waals surface area contributed by atoms with Gasteiger partial charge in [-0.1, -0.05) is 63.1 Å². The molecule has 0 bridgehead atoms. The highest BCUT2D eigenvalue weighted by Gasteiger charge is 2.06. The van der Waals surface area contributed by atoms with Crippen LogP contribution in [-0.4, -0.2) is 0 Å². The van der Waals surface area contributed by atoms with Crippen LogP contribution in [0, 0.1) is 11.6 Å². The minimum atomic E-state index is -0.802. The maximum atomic E-state index is 13.5. The number of hydrogen-bond acceptors (Lipinski definition) is 0. The van der Waals surface area contributed by atoms with E-state index in [0.29, 0.717) is 0 Å². The molecule has 0 nitrogen and oxygen atoms in total. The van der Waals surface area contributed by atoms with Crippen molar-refractivity contribution in [3.8, 4) is 0 Å². The van der Waals surface area contributed by atoms with Crippen molar-refractivity contribution >= 4 is 11.6 Å². The second-order valence-corrected chi connectivity index (χ2v) is 5.54. The predicted molar refractivity (Wildman–Crippen MR) is 89.6 cm³/mol. The number of allylic oxidation sites excluding steroid dienone is 1. The molecule has 116 valence electrons. The van der Waals surface area contributed by atoms with Crippen molar-refractivity contribution in [3.05, 3.63) is 70.8 Å². The van der Waals surface area contributed by atoms with Crippen LogP contribution in [0.15, 0.2) is 42.5 Å². The molecule has 0 atom stereocenters. The van der Waals surface area contributed by atoms with Crippen molar-refractivity contribution in [3.63, 3.8) is 0 Å². The molecule has 2 aromatic rings. The number of halogens is 2. The minimum Gasteiger partial charge on any atom is -0.204 e. The lowest BCUT2D eigenvalue weighted by atomic mass is 9.98. The molecule has 22 heavy (non-hydrogen) atoms. The summed E-state index contributed by atoms with van der Waals surface area (Å²) in [6.07, 6.45) is 6.06. The molecule has 0 unspecified atom stereocenters. The largest absolute Gasteiger partial charge is 0.204 e. The summed E-state index contributed by atoms with van der Waals surface area (Å²) in [5.41, 5.74) is 4.19. The third kappa shape index (κ3) is 4.27. The molecular weight excluding hydrogens is 278 g/mol. The minimum absolute atomic E-state index is 0.749. The van der Waals surface area contributed by atoms with Crippen LogP contribution in [0.25, 0.3) is 11.6 Å². The summed E-state index contributed by atoms with van der Waals surface area (Å²) < 4.78 is 26.6. The Kier molecular flexibility index (Phi) is 5.88. The average molecular weight is 300 g/mol. The van der Waals surface area contributed by atoms with Crippen LogP contribution >= 0.6 is 0 Å². The lowest BCUT2D eigenvalue weighted by molar-refractivity contribution is 0.508. The summed E-state index contributed by atoms with van der Waals surface area (Å²) in [4.78, 5) is 0. The Labute approximate surface area is 131 Å². The van der Waals surface area contributed by atoms with Crippen molar-refractivity contribution in [1.29, 1.82) is 0 Å². The van der Waals surface area contributed by atoms with Crippen LogP contribution in [0.1, 0.15) is 49.8 Å². The highest BCUT2D eigenvalue weighted by atomic mass is 19.2. The Morgan fingerprint density at radius 1 is 0.909 bits per heavy atom. The van der Waals surface area contributed by atoms with Crippen molar-refractivity contribution < 1.29 is 8.78 Å². The fraction of sp³-hybridized carbons (Fsp3) is 0.300. The van der Waals surface area contributed by atoms with E-state index in [0.717, 1.165) is 42.4 Å². The topological polar surface area (TPSA) is 0 Å². The van der Waals surface area contributed by atoms with Gasteiger partial charge in [-0.2, -0.15) is 0 Å². The Hall–Kier alpha value is -1.96. The number of hydrogen-bond donors (Lipinski definition) is 0. The standard InChI is InChI=1S/C20H22F2/c1-3-5-15-7-9-16(10-8-15)13-17(6-4-2)18-11-12-19(21)20(22)14-18/h7-14H,3-6H2,1-2H3/b17-13-. The number of rotatable bonds is 6. The van der Waals surface area contributed by atoms with Gasteiger partial charge < -0.3 is 0 Å². The molecule has 2 rings (SSSR count). The van der Waals surface area contributed by atoms with Crippen LogP contribution in [-0.2, 0) is 6.42 Å². The van der Waals surface area contributed by atoms with Gasteiger partial charge in [0, 0.05) is 0 Å². The van der Waals surface area contributed by atoms with Crippen LogP contribution in [0.5, 0.6) is 0 Å². The molecule has 0 aromatic heterocycles. The summed E-state index contributed by atoms with van der Waals surface area (Å²) in [5, 5.41) is 0. The molecule has 0 saturated heterocycles. The molecule has 0 spiro atoms. The van der Waals surface area contributed by atoms with Gasteiger partial charge in [-0.15, -0.1) is 0 Å². The molecule has 0 aliphatic heterocycles. The summed E-state index contributed by atoms with van der Waals surface area (Å²) in [7, 11) is 0. The molecule has 0 heterocycles. The maximum Gasteiger partial charge on any atom is 0.159 e. The van der Waals surface area contributed by atoms with E-state index in [9.17, 15) is 8.78 Å². The van der Waals surface area contributed by atoms with Crippen LogP contribution < -0.4 is 0 Å². The third-order valence-corrected chi connectivity index (χ3v) is 3.67. The van der Waals surface area contributed by atoms with Crippen molar-refractivity contribution in [2.45, 2.75) is 39.5 Å². The highest BCUT2D eigenvalue weighted by Crippen LogP contribution is 2.25. The van der Waals surface area contributed by atoms with Gasteiger partial charge in [0.05, 0.1) is 0 Å². The molecule has 0 fully saturated rings. The molecule has 0 amide bonds. The van der Waals surface area contributed by atoms with Crippen molar-refractivity contribution in [1.82, 2.24) is 0 Å². The molecule has 0 N–H and O–H groups in total. The van der Waals surface area contributed by atoms with Crippen molar-refractivity contribution in [2.75, 3.05) is 0 Å². The Bertz CT molecular complexity index is 639. The molecule has 0 radical (unpaired) electrons. The Morgan fingerprint density at radius 3 is 2.23 bits per heavy atom. The molecule has 0 aliphatic carbocycles. The van der Waals surface area contributed by atoms with E-state index in [1.165, 1.54) is 17.7 Å². The molecule has 2 aromatic carbocycles. The predicted octanol–water partition coefficient (Wildman–Crippen LogP) is 6.26. The Balaban J connectivity index is 2.31. The molecule has 0 saturated carbocycles. The molecular formula is C20H22F2. The van der Waals surface area contributed by atoms with E-state index in [2.05, 4.69) is 44.2 Å². The van der Waals surface area contributed by atoms with Gasteiger partial charge in [0.1, 0.15) is 0 Å². The molecule has 2 heteroatoms. The smallest absolute Gasteiger partial charge is 0.159 e. The highest BCUT2D eigenvalue weighted by molar-refractivity contribution is 5.81. The maximum absolute atomic E-state index is 13.5. The molecule has 0 aliphatic rings. The first-order valence-corrected chi connectivity index (χ1v) is 7.89. The second kappa shape index (κ2) is 7.88. The van der Waals surface area contributed by atoms with Crippen LogP contribution in [0.2, 0.25) is 0 Å². The Morgan fingerprint density at radius 2 is 1.64 bits per heavy atom. The first-order chi connectivity index (χ1) is 10.6. The average Bonchev–Trinajstić information content (AvgIpc) is 2.52. The van der Waals surface area contributed by atoms with Gasteiger partial charge >= 0.3 is 0 Å². The van der Waals surface area contributed by atoms with Crippen LogP contribution in [0.3, 0.4) is 0 Å². The summed E-state index contributed by atoms with van der Waals surface area (Å²) >= 11 is 0. The van der Waals surface area contributed by atoms with E-state index in [-0.39, 0.29) is 0 Å². The van der Waals surface area contributed by atoms with Gasteiger partial charge in [0.15, 0.2) is 11.6 Å². The lowest BCUT2D eigenvalue weighted by Crippen LogP contribution is -1.90.